The molecule has 2 aromatic carbocycles. The van der Waals surface area contributed by atoms with Crippen LogP contribution in [0, 0.1) is 0 Å². The van der Waals surface area contributed by atoms with Gasteiger partial charge in [0.05, 0.1) is 53.0 Å². The molecule has 2 atom stereocenters. The minimum absolute atomic E-state index is 0.0578. The molecule has 0 radical (unpaired) electrons. The van der Waals surface area contributed by atoms with Gasteiger partial charge in [0, 0.05) is 96.6 Å². The van der Waals surface area contributed by atoms with Crippen LogP contribution in [-0.4, -0.2) is 125 Å². The third kappa shape index (κ3) is 10.4. The van der Waals surface area contributed by atoms with Gasteiger partial charge in [-0.05, 0) is 50.5 Å². The molecule has 0 bridgehead atoms. The second-order valence-electron chi connectivity index (χ2n) is 11.3. The number of rotatable bonds is 16. The van der Waals surface area contributed by atoms with Crippen LogP contribution in [0.25, 0.3) is 21.8 Å². The van der Waals surface area contributed by atoms with Crippen molar-refractivity contribution < 1.29 is 72.3 Å². The van der Waals surface area contributed by atoms with Gasteiger partial charge in [0.1, 0.15) is 23.8 Å². The lowest BCUT2D eigenvalue weighted by molar-refractivity contribution is -0.130. The Morgan fingerprint density at radius 3 is 1.66 bits per heavy atom. The number of carbonyl (C=O) groups is 2. The molecule has 6 N–H and O–H groups in total. The molecule has 2 unspecified atom stereocenters. The van der Waals surface area contributed by atoms with E-state index in [0.717, 1.165) is 7.05 Å². The molecule has 0 saturated carbocycles. The predicted molar refractivity (Wildman–Crippen MR) is 214 cm³/mol. The van der Waals surface area contributed by atoms with Gasteiger partial charge in [-0.2, -0.15) is 9.97 Å². The van der Waals surface area contributed by atoms with Gasteiger partial charge < -0.3 is 60.3 Å². The van der Waals surface area contributed by atoms with Crippen LogP contribution in [0.5, 0.6) is 23.0 Å². The number of hydrogen-bond donors (Lipinski definition) is 4. The van der Waals surface area contributed by atoms with Gasteiger partial charge in [-0.3, -0.25) is 9.59 Å². The Labute approximate surface area is 361 Å². The average Bonchev–Trinajstić information content (AvgIpc) is 4.17. The Morgan fingerprint density at radius 1 is 0.768 bits per heavy atom. The zero-order valence-electron chi connectivity index (χ0n) is 55.0. The summed E-state index contributed by atoms with van der Waals surface area (Å²) in [5.41, 5.74) is 10.9. The quantitative estimate of drug-likeness (QED) is 0.128. The molecule has 0 spiro atoms. The highest BCUT2D eigenvalue weighted by molar-refractivity contribution is 5.92. The molecule has 304 valence electrons. The Morgan fingerprint density at radius 2 is 1.21 bits per heavy atom. The number of nitrogens with one attached hydrogen (secondary N) is 2. The molecule has 4 heterocycles. The zero-order valence-corrected chi connectivity index (χ0v) is 30.0. The first-order valence-corrected chi connectivity index (χ1v) is 16.3. The maximum absolute atomic E-state index is 12.5. The summed E-state index contributed by atoms with van der Waals surface area (Å²) in [5, 5.41) is 2.89. The number of nitrogen functional groups attached to an aromatic ring is 2. The highest BCUT2D eigenvalue weighted by atomic mass is 16.5. The number of nitrogens with two attached hydrogens (primary N) is 2. The molecule has 2 fully saturated rings. The molecule has 0 aliphatic carbocycles. The van der Waals surface area contributed by atoms with Crippen LogP contribution in [0.1, 0.15) is 72.7 Å². The Kier molecular flexibility index (Phi) is 6.90. The van der Waals surface area contributed by atoms with E-state index >= 15 is 0 Å². The lowest BCUT2D eigenvalue weighted by atomic mass is 10.2. The molecule has 2 amide bonds. The van der Waals surface area contributed by atoms with Crippen molar-refractivity contribution in [2.45, 2.75) is 50.6 Å². The van der Waals surface area contributed by atoms with Gasteiger partial charge >= 0.3 is 0 Å². The van der Waals surface area contributed by atoms with Crippen LogP contribution in [-0.2, 0) is 19.1 Å². The maximum Gasteiger partial charge on any atom is 0.249 e. The summed E-state index contributed by atoms with van der Waals surface area (Å²) in [5.74, 6) is -7.42. The second kappa shape index (κ2) is 19.8. The number of methoxy groups -OCH3 is 4. The Hall–Kier alpha value is -5.62. The first-order chi connectivity index (χ1) is 36.7. The van der Waals surface area contributed by atoms with Crippen molar-refractivity contribution in [1.82, 2.24) is 30.6 Å². The Bertz CT molecular complexity index is 3030. The summed E-state index contributed by atoms with van der Waals surface area (Å²) in [6.07, 6.45) is -7.83. The summed E-state index contributed by atoms with van der Waals surface area (Å²) in [4.78, 5) is 40.6. The molecular formula is C38H54N10O8. The highest BCUT2D eigenvalue weighted by Crippen LogP contribution is 2.35. The number of hydrogen-bond acceptors (Lipinski definition) is 16. The average molecular weight is 804 g/mol. The number of ether oxygens (including phenoxy) is 6. The number of amides is 2. The second-order valence-corrected chi connectivity index (χ2v) is 11.3. The van der Waals surface area contributed by atoms with Crippen LogP contribution in [0.4, 0.5) is 23.5 Å². The minimum Gasteiger partial charge on any atom is -0.493 e. The summed E-state index contributed by atoms with van der Waals surface area (Å²) < 4.78 is 232. The van der Waals surface area contributed by atoms with Crippen molar-refractivity contribution in [3.8, 4) is 23.0 Å². The lowest BCUT2D eigenvalue weighted by Gasteiger charge is -2.19. The first-order valence-electron chi connectivity index (χ1n) is 28.8. The normalized spacial score (nSPS) is 24.9. The van der Waals surface area contributed by atoms with Crippen molar-refractivity contribution in [1.29, 1.82) is 0 Å². The fraction of sp³-hybridized carbons (Fsp3) is 0.526. The molecule has 2 aromatic heterocycles. The number of carbonyl (C=O) groups excluding carboxylic acids is 2. The minimum atomic E-state index is -3.96. The number of benzene rings is 2. The van der Waals surface area contributed by atoms with Crippen LogP contribution >= 0.6 is 0 Å². The molecule has 2 aliphatic heterocycles. The smallest absolute Gasteiger partial charge is 0.249 e. The van der Waals surface area contributed by atoms with E-state index in [2.05, 4.69) is 19.9 Å². The molecule has 2 saturated heterocycles. The molecule has 56 heavy (non-hydrogen) atoms. The van der Waals surface area contributed by atoms with E-state index in [-0.39, 0.29) is 58.2 Å². The van der Waals surface area contributed by atoms with Crippen molar-refractivity contribution in [3.63, 3.8) is 0 Å². The topological polar surface area (TPSA) is 224 Å². The van der Waals surface area contributed by atoms with Gasteiger partial charge in [0.2, 0.25) is 23.7 Å². The number of aromatic nitrogens is 4. The fourth-order valence-electron chi connectivity index (χ4n) is 4.92. The predicted octanol–water partition coefficient (Wildman–Crippen LogP) is 2.70. The highest BCUT2D eigenvalue weighted by Gasteiger charge is 2.24. The van der Waals surface area contributed by atoms with E-state index in [1.54, 1.807) is 5.32 Å². The maximum atomic E-state index is 12.5. The molecule has 2 aliphatic rings. The van der Waals surface area contributed by atoms with E-state index in [1.165, 1.54) is 14.2 Å². The van der Waals surface area contributed by atoms with Gasteiger partial charge in [-0.15, -0.1) is 0 Å². The zero-order chi connectivity index (χ0) is 61.9. The van der Waals surface area contributed by atoms with Crippen molar-refractivity contribution in [3.05, 3.63) is 24.2 Å². The first kappa shape index (κ1) is 19.5. The van der Waals surface area contributed by atoms with Crippen LogP contribution in [0.3, 0.4) is 0 Å². The summed E-state index contributed by atoms with van der Waals surface area (Å²) in [6, 6.07) is -2.71. The number of fused-ring (bicyclic) bond motifs is 2. The van der Waals surface area contributed by atoms with E-state index in [0.29, 0.717) is 30.8 Å². The van der Waals surface area contributed by atoms with Gasteiger partial charge in [0.25, 0.3) is 0 Å². The van der Waals surface area contributed by atoms with Gasteiger partial charge in [-0.25, -0.2) is 9.97 Å². The molecule has 18 nitrogen and oxygen atoms in total. The largest absolute Gasteiger partial charge is 0.493 e. The SMILES string of the molecule is [2H]c1c(OC([2H])([2H])[2H])c(OC([2H])([2H])[2H])c([2H])c2c(N)nc(N(C([2H])([2H])[2H])C([2H])([2H])C([2H])([2H])C([2H])([2H])NC(=O)C3CCCO3)nc12.[2H]c1c(OC)c(OC)c([2H])c2c(N)nc(N(C)C([2H])([2H])C([2H])([2H])C([2H])([2H])NC(=O)C3CCCO3)nc12. The Balaban J connectivity index is 0.000000305. The molecule has 4 aromatic rings. The van der Waals surface area contributed by atoms with Gasteiger partial charge in [-0.1, -0.05) is 0 Å². The summed E-state index contributed by atoms with van der Waals surface area (Å²) in [6.45, 7) is -17.1. The van der Waals surface area contributed by atoms with E-state index < -0.39 is 136 Å². The standard InChI is InChI=1S/2C19H27N5O4/c2*1-24(8-5-7-21-18(25)14-6-4-9-28-14)19-22-13-11-16(27-3)15(26-2)10-12(13)17(20)23-19/h2*10-11,14H,4-9H2,1-3H3,(H,21,25)(H2,20,22,23)/i1D3,2D3,3D3,5D2,7D2,8D2,10D,11D;5D2,7D2,8D2,10D,11D. The van der Waals surface area contributed by atoms with Crippen LogP contribution < -0.4 is 50.8 Å². The summed E-state index contributed by atoms with van der Waals surface area (Å²) in [7, 11) is -3.03. The number of anilines is 4. The van der Waals surface area contributed by atoms with E-state index in [9.17, 15) is 9.59 Å². The third-order valence-electron chi connectivity index (χ3n) is 7.65. The lowest BCUT2D eigenvalue weighted by Crippen LogP contribution is -2.36. The monoisotopic (exact) mass is 804 g/mol. The molecule has 18 heteroatoms. The van der Waals surface area contributed by atoms with Crippen molar-refractivity contribution in [2.75, 3.05) is 103 Å². The third-order valence-corrected chi connectivity index (χ3v) is 7.65. The summed E-state index contributed by atoms with van der Waals surface area (Å²) >= 11 is 0. The van der Waals surface area contributed by atoms with Crippen molar-refractivity contribution >= 4 is 57.2 Å². The number of nitrogens with zero attached hydrogens (tertiary/aromatic N) is 6. The van der Waals surface area contributed by atoms with E-state index in [4.69, 9.17) is 74.2 Å². The van der Waals surface area contributed by atoms with Crippen LogP contribution in [0.2, 0.25) is 0 Å². The molecular weight excluding hydrogens is 724 g/mol. The molecule has 6 rings (SSSR count). The van der Waals surface area contributed by atoms with Gasteiger partial charge in [0.15, 0.2) is 23.0 Å². The van der Waals surface area contributed by atoms with E-state index in [1.807, 2.05) is 5.32 Å². The fourth-order valence-corrected chi connectivity index (χ4v) is 4.92. The van der Waals surface area contributed by atoms with Crippen molar-refractivity contribution in [2.24, 2.45) is 0 Å². The van der Waals surface area contributed by atoms with Crippen LogP contribution in [0.15, 0.2) is 24.2 Å².